The molecule has 1 atom stereocenters. The SMILES string of the molecule is N#CC(C(=O)Cc1ccccc1)c1cccc(OC(F)(F)F)c1. The Labute approximate surface area is 130 Å². The Hall–Kier alpha value is -2.81. The van der Waals surface area contributed by atoms with Crippen LogP contribution in [0.2, 0.25) is 0 Å². The molecule has 0 spiro atoms. The van der Waals surface area contributed by atoms with Crippen molar-refractivity contribution in [1.82, 2.24) is 0 Å². The maximum atomic E-state index is 12.3. The molecule has 6 heteroatoms. The molecule has 0 bridgehead atoms. The number of alkyl halides is 3. The summed E-state index contributed by atoms with van der Waals surface area (Å²) in [4.78, 5) is 12.3. The molecule has 2 rings (SSSR count). The largest absolute Gasteiger partial charge is 0.573 e. The van der Waals surface area contributed by atoms with Crippen LogP contribution in [0.5, 0.6) is 5.75 Å². The van der Waals surface area contributed by atoms with Crippen molar-refractivity contribution in [1.29, 1.82) is 5.26 Å². The van der Waals surface area contributed by atoms with E-state index < -0.39 is 18.0 Å². The van der Waals surface area contributed by atoms with Crippen LogP contribution in [0.3, 0.4) is 0 Å². The van der Waals surface area contributed by atoms with E-state index in [0.29, 0.717) is 0 Å². The number of hydrogen-bond acceptors (Lipinski definition) is 3. The first-order valence-electron chi connectivity index (χ1n) is 6.71. The number of halogens is 3. The Bertz CT molecular complexity index is 721. The van der Waals surface area contributed by atoms with Crippen LogP contribution in [0.1, 0.15) is 17.0 Å². The molecule has 0 aliphatic rings. The molecule has 0 saturated heterocycles. The number of rotatable bonds is 5. The van der Waals surface area contributed by atoms with Crippen molar-refractivity contribution < 1.29 is 22.7 Å². The Kier molecular flexibility index (Phi) is 5.02. The first-order valence-corrected chi connectivity index (χ1v) is 6.71. The molecule has 0 saturated carbocycles. The molecule has 0 aromatic heterocycles. The molecule has 0 aliphatic carbocycles. The Morgan fingerprint density at radius 1 is 1.13 bits per heavy atom. The van der Waals surface area contributed by atoms with Gasteiger partial charge in [0.2, 0.25) is 0 Å². The molecule has 23 heavy (non-hydrogen) atoms. The van der Waals surface area contributed by atoms with Crippen LogP contribution in [0.15, 0.2) is 54.6 Å². The predicted octanol–water partition coefficient (Wildman–Crippen LogP) is 4.00. The van der Waals surface area contributed by atoms with Crippen molar-refractivity contribution in [3.8, 4) is 11.8 Å². The normalized spacial score (nSPS) is 12.3. The zero-order valence-corrected chi connectivity index (χ0v) is 11.9. The summed E-state index contributed by atoms with van der Waals surface area (Å²) in [7, 11) is 0. The number of nitriles is 1. The second-order valence-electron chi connectivity index (χ2n) is 4.81. The number of ether oxygens (including phenoxy) is 1. The maximum Gasteiger partial charge on any atom is 0.573 e. The summed E-state index contributed by atoms with van der Waals surface area (Å²) in [5.41, 5.74) is 0.913. The van der Waals surface area contributed by atoms with Gasteiger partial charge in [0.15, 0.2) is 5.78 Å². The Balaban J connectivity index is 2.19. The number of ketones is 1. The van der Waals surface area contributed by atoms with Crippen molar-refractivity contribution in [2.75, 3.05) is 0 Å². The fraction of sp³-hybridized carbons (Fsp3) is 0.176. The predicted molar refractivity (Wildman–Crippen MR) is 76.6 cm³/mol. The molecule has 0 N–H and O–H groups in total. The smallest absolute Gasteiger partial charge is 0.406 e. The lowest BCUT2D eigenvalue weighted by Gasteiger charge is -2.12. The van der Waals surface area contributed by atoms with Crippen LogP contribution in [0.4, 0.5) is 13.2 Å². The second kappa shape index (κ2) is 6.97. The lowest BCUT2D eigenvalue weighted by atomic mass is 9.92. The van der Waals surface area contributed by atoms with Crippen molar-refractivity contribution in [2.45, 2.75) is 18.7 Å². The zero-order chi connectivity index (χ0) is 16.9. The zero-order valence-electron chi connectivity index (χ0n) is 11.9. The number of carbonyl (C=O) groups is 1. The highest BCUT2D eigenvalue weighted by Crippen LogP contribution is 2.27. The van der Waals surface area contributed by atoms with Gasteiger partial charge in [-0.1, -0.05) is 42.5 Å². The van der Waals surface area contributed by atoms with E-state index in [2.05, 4.69) is 4.74 Å². The standard InChI is InChI=1S/C17H12F3NO2/c18-17(19,20)23-14-8-4-7-13(10-14)15(11-21)16(22)9-12-5-2-1-3-6-12/h1-8,10,15H,9H2. The van der Waals surface area contributed by atoms with Gasteiger partial charge in [0.25, 0.3) is 0 Å². The third-order valence-electron chi connectivity index (χ3n) is 3.10. The van der Waals surface area contributed by atoms with Crippen LogP contribution >= 0.6 is 0 Å². The number of hydrogen-bond donors (Lipinski definition) is 0. The molecule has 2 aromatic rings. The van der Waals surface area contributed by atoms with Crippen molar-refractivity contribution >= 4 is 5.78 Å². The van der Waals surface area contributed by atoms with E-state index in [9.17, 15) is 23.2 Å². The minimum Gasteiger partial charge on any atom is -0.406 e. The third-order valence-corrected chi connectivity index (χ3v) is 3.10. The van der Waals surface area contributed by atoms with Crippen molar-refractivity contribution in [3.05, 3.63) is 65.7 Å². The lowest BCUT2D eigenvalue weighted by Crippen LogP contribution is -2.18. The van der Waals surface area contributed by atoms with E-state index in [4.69, 9.17) is 0 Å². The van der Waals surface area contributed by atoms with Gasteiger partial charge in [-0.15, -0.1) is 13.2 Å². The van der Waals surface area contributed by atoms with Crippen LogP contribution in [0.25, 0.3) is 0 Å². The minimum atomic E-state index is -4.82. The molecule has 0 fully saturated rings. The van der Waals surface area contributed by atoms with Crippen molar-refractivity contribution in [2.24, 2.45) is 0 Å². The van der Waals surface area contributed by atoms with Crippen LogP contribution in [0, 0.1) is 11.3 Å². The van der Waals surface area contributed by atoms with E-state index in [1.165, 1.54) is 12.1 Å². The summed E-state index contributed by atoms with van der Waals surface area (Å²) in [5.74, 6) is -1.99. The minimum absolute atomic E-state index is 0.0312. The summed E-state index contributed by atoms with van der Waals surface area (Å²) in [6, 6.07) is 15.6. The summed E-state index contributed by atoms with van der Waals surface area (Å²) in [6.45, 7) is 0. The average Bonchev–Trinajstić information content (AvgIpc) is 2.47. The first-order chi connectivity index (χ1) is 10.9. The molecule has 0 amide bonds. The van der Waals surface area contributed by atoms with E-state index in [0.717, 1.165) is 17.7 Å². The Morgan fingerprint density at radius 3 is 2.43 bits per heavy atom. The monoisotopic (exact) mass is 319 g/mol. The van der Waals surface area contributed by atoms with Gasteiger partial charge < -0.3 is 4.74 Å². The van der Waals surface area contributed by atoms with Gasteiger partial charge in [-0.25, -0.2) is 0 Å². The number of nitrogens with zero attached hydrogens (tertiary/aromatic N) is 1. The van der Waals surface area contributed by atoms with Crippen molar-refractivity contribution in [3.63, 3.8) is 0 Å². The van der Waals surface area contributed by atoms with E-state index in [1.807, 2.05) is 6.07 Å². The van der Waals surface area contributed by atoms with Gasteiger partial charge in [0, 0.05) is 6.42 Å². The fourth-order valence-electron chi connectivity index (χ4n) is 2.12. The first kappa shape index (κ1) is 16.6. The van der Waals surface area contributed by atoms with Gasteiger partial charge in [-0.3, -0.25) is 4.79 Å². The number of carbonyl (C=O) groups excluding carboxylic acids is 1. The molecule has 0 aliphatic heterocycles. The summed E-state index contributed by atoms with van der Waals surface area (Å²) in [6.07, 6.45) is -4.79. The summed E-state index contributed by atoms with van der Waals surface area (Å²) >= 11 is 0. The van der Waals surface area contributed by atoms with Crippen LogP contribution in [-0.2, 0) is 11.2 Å². The molecular formula is C17H12F3NO2. The Morgan fingerprint density at radius 2 is 1.83 bits per heavy atom. The fourth-order valence-corrected chi connectivity index (χ4v) is 2.12. The van der Waals surface area contributed by atoms with Gasteiger partial charge in [-0.05, 0) is 23.3 Å². The highest BCUT2D eigenvalue weighted by atomic mass is 19.4. The van der Waals surface area contributed by atoms with Crippen LogP contribution in [-0.4, -0.2) is 12.1 Å². The molecular weight excluding hydrogens is 307 g/mol. The maximum absolute atomic E-state index is 12.3. The molecule has 3 nitrogen and oxygen atoms in total. The molecule has 0 heterocycles. The quantitative estimate of drug-likeness (QED) is 0.837. The molecule has 0 radical (unpaired) electrons. The molecule has 118 valence electrons. The lowest BCUT2D eigenvalue weighted by molar-refractivity contribution is -0.274. The summed E-state index contributed by atoms with van der Waals surface area (Å²) in [5, 5.41) is 9.22. The van der Waals surface area contributed by atoms with E-state index >= 15 is 0 Å². The van der Waals surface area contributed by atoms with Gasteiger partial charge in [0.1, 0.15) is 11.7 Å². The summed E-state index contributed by atoms with van der Waals surface area (Å²) < 4.78 is 40.6. The molecule has 2 aromatic carbocycles. The van der Waals surface area contributed by atoms with E-state index in [1.54, 1.807) is 30.3 Å². The van der Waals surface area contributed by atoms with E-state index in [-0.39, 0.29) is 17.8 Å². The topological polar surface area (TPSA) is 50.1 Å². The second-order valence-corrected chi connectivity index (χ2v) is 4.81. The van der Waals surface area contributed by atoms with Gasteiger partial charge in [0.05, 0.1) is 6.07 Å². The third kappa shape index (κ3) is 4.85. The molecule has 1 unspecified atom stereocenters. The van der Waals surface area contributed by atoms with Gasteiger partial charge >= 0.3 is 6.36 Å². The highest BCUT2D eigenvalue weighted by molar-refractivity contribution is 5.90. The van der Waals surface area contributed by atoms with Gasteiger partial charge in [-0.2, -0.15) is 5.26 Å². The van der Waals surface area contributed by atoms with Crippen LogP contribution < -0.4 is 4.74 Å². The number of benzene rings is 2. The highest BCUT2D eigenvalue weighted by Gasteiger charge is 2.31. The average molecular weight is 319 g/mol. The number of Topliss-reactive ketones (excluding diaryl/α,β-unsaturated/α-hetero) is 1.